The maximum atomic E-state index is 14.3. The number of anilines is 6. The summed E-state index contributed by atoms with van der Waals surface area (Å²) in [6.45, 7) is 26.8. The van der Waals surface area contributed by atoms with Gasteiger partial charge in [-0.3, -0.25) is 9.59 Å². The molecule has 0 N–H and O–H groups in total. The van der Waals surface area contributed by atoms with Crippen molar-refractivity contribution in [3.8, 4) is 22.3 Å². The fraction of sp³-hybridized carbons (Fsp3) is 0.242. The maximum absolute atomic E-state index is 14.3. The number of benzene rings is 8. The van der Waals surface area contributed by atoms with Crippen LogP contribution in [-0.4, -0.2) is 11.6 Å². The summed E-state index contributed by atoms with van der Waals surface area (Å²) in [5.41, 5.74) is 17.0. The second-order valence-electron chi connectivity index (χ2n) is 23.1. The summed E-state index contributed by atoms with van der Waals surface area (Å²) in [6.07, 6.45) is 0. The third kappa shape index (κ3) is 9.53. The molecule has 0 atom stereocenters. The zero-order valence-corrected chi connectivity index (χ0v) is 43.0. The highest BCUT2D eigenvalue weighted by Gasteiger charge is 2.31. The number of nitrogens with zero attached hydrogens (tertiary/aromatic N) is 2. The van der Waals surface area contributed by atoms with Gasteiger partial charge in [-0.15, -0.1) is 0 Å². The molecular weight excluding hydrogens is 853 g/mol. The second kappa shape index (κ2) is 17.9. The van der Waals surface area contributed by atoms with Crippen LogP contribution in [0.1, 0.15) is 137 Å². The minimum absolute atomic E-state index is 0.0450. The highest BCUT2D eigenvalue weighted by atomic mass is 16.1. The van der Waals surface area contributed by atoms with Gasteiger partial charge in [0.15, 0.2) is 11.6 Å². The molecule has 4 nitrogen and oxygen atoms in total. The Kier molecular flexibility index (Phi) is 12.2. The van der Waals surface area contributed by atoms with Crippen molar-refractivity contribution < 1.29 is 9.59 Å². The number of ketones is 2. The first-order chi connectivity index (χ1) is 33.0. The van der Waals surface area contributed by atoms with Crippen molar-refractivity contribution in [3.05, 3.63) is 226 Å². The monoisotopic (exact) mass is 919 g/mol. The zero-order chi connectivity index (χ0) is 49.9. The standard InChI is InChI=1S/C66H66N2O2/c1-63(2,3)47-19-31-53(32-20-47)67(54-33-21-48(22-34-54)64(4,5)6)51-27-13-43(14-28-51)45-17-39-57-59(41-45)61(69)58-40-18-46(42-60(58)62(57)70)44-15-29-52(30-16-44)68(55-35-23-49(24-36-55)65(7,8)9)56-37-25-50(26-38-56)66(10,11)12/h13-42H,1-12H3. The van der Waals surface area contributed by atoms with E-state index in [9.17, 15) is 9.59 Å². The van der Waals surface area contributed by atoms with E-state index in [2.05, 4.69) is 238 Å². The molecule has 0 unspecified atom stereocenters. The molecule has 1 aliphatic rings. The van der Waals surface area contributed by atoms with Crippen molar-refractivity contribution in [3.63, 3.8) is 0 Å². The van der Waals surface area contributed by atoms with Crippen molar-refractivity contribution in [1.82, 2.24) is 0 Å². The molecule has 0 fully saturated rings. The van der Waals surface area contributed by atoms with Crippen LogP contribution < -0.4 is 9.80 Å². The lowest BCUT2D eigenvalue weighted by Crippen LogP contribution is -2.21. The van der Waals surface area contributed by atoms with E-state index in [0.717, 1.165) is 56.4 Å². The minimum atomic E-state index is -0.140. The van der Waals surface area contributed by atoms with Crippen molar-refractivity contribution in [2.24, 2.45) is 0 Å². The average Bonchev–Trinajstić information content (AvgIpc) is 3.33. The molecular formula is C66H66N2O2. The summed E-state index contributed by atoms with van der Waals surface area (Å²) >= 11 is 0. The topological polar surface area (TPSA) is 40.6 Å². The van der Waals surface area contributed by atoms with Gasteiger partial charge in [0, 0.05) is 56.4 Å². The molecule has 0 heterocycles. The Morgan fingerprint density at radius 2 is 0.443 bits per heavy atom. The lowest BCUT2D eigenvalue weighted by atomic mass is 9.81. The Bertz CT molecular complexity index is 2870. The van der Waals surface area contributed by atoms with Crippen LogP contribution in [0.3, 0.4) is 0 Å². The van der Waals surface area contributed by atoms with Crippen molar-refractivity contribution in [2.45, 2.75) is 105 Å². The maximum Gasteiger partial charge on any atom is 0.194 e. The largest absolute Gasteiger partial charge is 0.311 e. The van der Waals surface area contributed by atoms with Gasteiger partial charge in [0.1, 0.15) is 0 Å². The van der Waals surface area contributed by atoms with Gasteiger partial charge in [-0.25, -0.2) is 0 Å². The number of hydrogen-bond acceptors (Lipinski definition) is 4. The Hall–Kier alpha value is -7.30. The van der Waals surface area contributed by atoms with Gasteiger partial charge in [-0.2, -0.15) is 0 Å². The van der Waals surface area contributed by atoms with E-state index in [1.165, 1.54) is 22.3 Å². The molecule has 0 aliphatic heterocycles. The number of rotatable bonds is 8. The van der Waals surface area contributed by atoms with Gasteiger partial charge in [-0.05, 0) is 163 Å². The normalized spacial score (nSPS) is 12.9. The molecule has 0 bridgehead atoms. The summed E-state index contributed by atoms with van der Waals surface area (Å²) in [4.78, 5) is 33.1. The third-order valence-corrected chi connectivity index (χ3v) is 13.9. The van der Waals surface area contributed by atoms with Gasteiger partial charge in [0.2, 0.25) is 0 Å². The van der Waals surface area contributed by atoms with Gasteiger partial charge in [0.25, 0.3) is 0 Å². The van der Waals surface area contributed by atoms with E-state index in [4.69, 9.17) is 0 Å². The Balaban J connectivity index is 0.983. The van der Waals surface area contributed by atoms with E-state index in [-0.39, 0.29) is 33.2 Å². The molecule has 4 heteroatoms. The zero-order valence-electron chi connectivity index (χ0n) is 43.0. The van der Waals surface area contributed by atoms with E-state index in [0.29, 0.717) is 22.3 Å². The molecule has 9 rings (SSSR count). The van der Waals surface area contributed by atoms with Crippen LogP contribution >= 0.6 is 0 Å². The van der Waals surface area contributed by atoms with Crippen LogP contribution in [0.15, 0.2) is 182 Å². The average molecular weight is 919 g/mol. The molecule has 70 heavy (non-hydrogen) atoms. The van der Waals surface area contributed by atoms with Crippen molar-refractivity contribution >= 4 is 45.7 Å². The smallest absolute Gasteiger partial charge is 0.194 e. The van der Waals surface area contributed by atoms with Crippen molar-refractivity contribution in [1.29, 1.82) is 0 Å². The first kappa shape index (κ1) is 47.8. The fourth-order valence-electron chi connectivity index (χ4n) is 9.45. The summed E-state index contributed by atoms with van der Waals surface area (Å²) in [7, 11) is 0. The molecule has 0 saturated carbocycles. The molecule has 0 saturated heterocycles. The molecule has 0 radical (unpaired) electrons. The number of hydrogen-bond donors (Lipinski definition) is 0. The number of carbonyl (C=O) groups is 2. The van der Waals surface area contributed by atoms with E-state index >= 15 is 0 Å². The van der Waals surface area contributed by atoms with Crippen LogP contribution in [0.5, 0.6) is 0 Å². The fourth-order valence-corrected chi connectivity index (χ4v) is 9.45. The van der Waals surface area contributed by atoms with Crippen LogP contribution in [0.2, 0.25) is 0 Å². The summed E-state index contributed by atoms with van der Waals surface area (Å²) in [6, 6.07) is 63.6. The quantitative estimate of drug-likeness (QED) is 0.152. The van der Waals surface area contributed by atoms with Gasteiger partial charge >= 0.3 is 0 Å². The number of carbonyl (C=O) groups excluding carboxylic acids is 2. The molecule has 0 aromatic heterocycles. The van der Waals surface area contributed by atoms with Crippen LogP contribution in [0.4, 0.5) is 34.1 Å². The highest BCUT2D eigenvalue weighted by molar-refractivity contribution is 6.29. The lowest BCUT2D eigenvalue weighted by molar-refractivity contribution is 0.0979. The van der Waals surface area contributed by atoms with Gasteiger partial charge in [0.05, 0.1) is 0 Å². The van der Waals surface area contributed by atoms with Crippen LogP contribution in [-0.2, 0) is 21.7 Å². The molecule has 8 aromatic rings. The third-order valence-electron chi connectivity index (χ3n) is 13.9. The molecule has 1 aliphatic carbocycles. The van der Waals surface area contributed by atoms with E-state index in [1.807, 2.05) is 36.4 Å². The molecule has 352 valence electrons. The van der Waals surface area contributed by atoms with Gasteiger partial charge in [-0.1, -0.05) is 168 Å². The summed E-state index contributed by atoms with van der Waals surface area (Å²) in [5, 5.41) is 0. The van der Waals surface area contributed by atoms with Crippen molar-refractivity contribution in [2.75, 3.05) is 9.80 Å². The molecule has 8 aromatic carbocycles. The number of fused-ring (bicyclic) bond motifs is 2. The predicted molar refractivity (Wildman–Crippen MR) is 295 cm³/mol. The first-order valence-electron chi connectivity index (χ1n) is 24.7. The van der Waals surface area contributed by atoms with E-state index < -0.39 is 0 Å². The SMILES string of the molecule is CC(C)(C)c1ccc(N(c2ccc(-c3ccc4c(c3)C(=O)c3ccc(-c5ccc(N(c6ccc(C(C)(C)C)cc6)c6ccc(C(C)(C)C)cc6)cc5)cc3C4=O)cc2)c2ccc(C(C)(C)C)cc2)cc1. The Labute approximate surface area is 416 Å². The molecule has 0 amide bonds. The first-order valence-corrected chi connectivity index (χ1v) is 24.7. The van der Waals surface area contributed by atoms with Crippen LogP contribution in [0.25, 0.3) is 22.3 Å². The summed E-state index contributed by atoms with van der Waals surface area (Å²) < 4.78 is 0. The second-order valence-corrected chi connectivity index (χ2v) is 23.1. The van der Waals surface area contributed by atoms with Gasteiger partial charge < -0.3 is 9.80 Å². The summed E-state index contributed by atoms with van der Waals surface area (Å²) in [5.74, 6) is -0.279. The van der Waals surface area contributed by atoms with Crippen LogP contribution in [0, 0.1) is 0 Å². The Morgan fingerprint density at radius 3 is 0.657 bits per heavy atom. The van der Waals surface area contributed by atoms with E-state index in [1.54, 1.807) is 0 Å². The Morgan fingerprint density at radius 1 is 0.243 bits per heavy atom. The lowest BCUT2D eigenvalue weighted by Gasteiger charge is -2.28. The molecule has 0 spiro atoms. The minimum Gasteiger partial charge on any atom is -0.311 e. The highest BCUT2D eigenvalue weighted by Crippen LogP contribution is 2.41. The predicted octanol–water partition coefficient (Wildman–Crippen LogP) is 17.9.